The van der Waals surface area contributed by atoms with Gasteiger partial charge >= 0.3 is 0 Å². The summed E-state index contributed by atoms with van der Waals surface area (Å²) in [4.78, 5) is 9.33. The lowest BCUT2D eigenvalue weighted by Gasteiger charge is -2.33. The Hall–Kier alpha value is -5.44. The average Bonchev–Trinajstić information content (AvgIpc) is 3.96. The molecule has 80 heavy (non-hydrogen) atoms. The molecule has 4 atom stereocenters. The van der Waals surface area contributed by atoms with Gasteiger partial charge < -0.3 is 11.5 Å². The van der Waals surface area contributed by atoms with Gasteiger partial charge in [0.25, 0.3) is 0 Å². The van der Waals surface area contributed by atoms with E-state index in [1.54, 1.807) is 63.2 Å². The molecule has 0 aliphatic heterocycles. The number of nitrogen functional groups attached to an aromatic ring is 2. The largest absolute Gasteiger partial charge is 0.382 e. The number of hydrogen-bond donors (Lipinski definition) is 2. The Labute approximate surface area is 480 Å². The summed E-state index contributed by atoms with van der Waals surface area (Å²) < 4.78 is 66.4. The smallest absolute Gasteiger partial charge is 0.245 e. The molecule has 0 aliphatic carbocycles. The molecular formula is C60H96N14O4S2. The average molecular weight is 1140 g/mol. The van der Waals surface area contributed by atoms with E-state index in [2.05, 4.69) is 75.6 Å². The van der Waals surface area contributed by atoms with Gasteiger partial charge in [-0.1, -0.05) is 185 Å². The highest BCUT2D eigenvalue weighted by Crippen LogP contribution is 2.42. The van der Waals surface area contributed by atoms with Crippen molar-refractivity contribution in [3.8, 4) is 11.6 Å². The number of benzene rings is 2. The summed E-state index contributed by atoms with van der Waals surface area (Å²) in [6.45, 7) is 29.7. The SMILES string of the molecule is CCCCC(CC)CN(C(CC)CCCC)S(=O)(=O)c1ccccc1/N=N/c1c(C(C)(C)C)nn(-c2cc(-n3nc(C(C)(C)C)c(/N=N/c4ccccc4S(=O)(=O)N(CC(CC)CCCC)C(CC)CCCC)c3N)ncn2)c1N. The number of hydrogen-bond acceptors (Lipinski definition) is 14. The molecule has 3 heterocycles. The van der Waals surface area contributed by atoms with E-state index in [0.29, 0.717) is 37.3 Å². The minimum absolute atomic E-state index is 0.0835. The van der Waals surface area contributed by atoms with Crippen LogP contribution in [0.1, 0.15) is 211 Å². The van der Waals surface area contributed by atoms with Crippen LogP contribution in [-0.4, -0.2) is 80.1 Å². The number of aromatic nitrogens is 6. The number of nitrogens with two attached hydrogens (primary N) is 2. The van der Waals surface area contributed by atoms with Gasteiger partial charge in [0, 0.05) is 42.1 Å². The van der Waals surface area contributed by atoms with E-state index in [1.807, 2.05) is 41.5 Å². The Bertz CT molecular complexity index is 2850. The lowest BCUT2D eigenvalue weighted by Crippen LogP contribution is -2.43. The molecular weight excluding hydrogens is 1040 g/mol. The number of anilines is 2. The molecule has 20 heteroatoms. The standard InChI is InChI=1S/C60H96N14O4S2/c1-15-23-31-43(19-5)40-71(45(21-7)33-25-17-3)79(75,76)49-37-29-27-35-47(49)65-67-53-55(59(9,10)11)69-73(57(53)61)51-39-52(64-42-63-51)74-58(62)54(56(70-74)60(12,13)14)68-66-48-36-28-30-38-50(48)80(77,78)72(46(22-8)34-26-18-4)41-44(20-6)32-24-16-2/h27-30,35-39,42-46H,15-26,31-34,40-41,61-62H2,1-14H3/b67-65+,68-66+. The topological polar surface area (TPSA) is 238 Å². The zero-order valence-electron chi connectivity index (χ0n) is 50.8. The molecule has 3 aromatic heterocycles. The van der Waals surface area contributed by atoms with Crippen molar-refractivity contribution in [3.63, 3.8) is 0 Å². The van der Waals surface area contributed by atoms with Gasteiger partial charge in [0.15, 0.2) is 34.6 Å². The van der Waals surface area contributed by atoms with Crippen LogP contribution in [0.15, 0.2) is 91.2 Å². The summed E-state index contributed by atoms with van der Waals surface area (Å²) in [5.41, 5.74) is 14.7. The highest BCUT2D eigenvalue weighted by atomic mass is 32.2. The number of rotatable bonds is 32. The summed E-state index contributed by atoms with van der Waals surface area (Å²) in [6, 6.07) is 14.8. The third-order valence-electron chi connectivity index (χ3n) is 15.2. The second-order valence-electron chi connectivity index (χ2n) is 23.4. The number of nitrogens with zero attached hydrogens (tertiary/aromatic N) is 12. The molecule has 442 valence electrons. The first-order chi connectivity index (χ1) is 38.0. The fourth-order valence-corrected chi connectivity index (χ4v) is 14.0. The van der Waals surface area contributed by atoms with Gasteiger partial charge in [0.2, 0.25) is 20.0 Å². The van der Waals surface area contributed by atoms with Crippen molar-refractivity contribution in [2.45, 2.75) is 232 Å². The van der Waals surface area contributed by atoms with Crippen molar-refractivity contribution < 1.29 is 16.8 Å². The third-order valence-corrected chi connectivity index (χ3v) is 19.1. The molecule has 0 saturated carbocycles. The van der Waals surface area contributed by atoms with Crippen molar-refractivity contribution >= 4 is 54.4 Å². The second-order valence-corrected chi connectivity index (χ2v) is 27.2. The van der Waals surface area contributed by atoms with E-state index in [0.717, 1.165) is 89.9 Å². The highest BCUT2D eigenvalue weighted by molar-refractivity contribution is 7.89. The van der Waals surface area contributed by atoms with Gasteiger partial charge in [0.05, 0.1) is 11.4 Å². The van der Waals surface area contributed by atoms with Crippen LogP contribution in [0.4, 0.5) is 34.4 Å². The molecule has 18 nitrogen and oxygen atoms in total. The van der Waals surface area contributed by atoms with E-state index < -0.39 is 30.9 Å². The first-order valence-corrected chi connectivity index (χ1v) is 32.5. The van der Waals surface area contributed by atoms with Crippen LogP contribution in [-0.2, 0) is 30.9 Å². The Balaban J connectivity index is 1.58. The van der Waals surface area contributed by atoms with Crippen LogP contribution in [0.2, 0.25) is 0 Å². The van der Waals surface area contributed by atoms with Crippen LogP contribution < -0.4 is 11.5 Å². The Morgan fingerprint density at radius 2 is 0.863 bits per heavy atom. The summed E-state index contributed by atoms with van der Waals surface area (Å²) in [5, 5.41) is 28.6. The van der Waals surface area contributed by atoms with E-state index in [1.165, 1.54) is 15.7 Å². The molecule has 5 rings (SSSR count). The van der Waals surface area contributed by atoms with Gasteiger partial charge in [-0.05, 0) is 74.6 Å². The van der Waals surface area contributed by atoms with Crippen LogP contribution in [0.5, 0.6) is 0 Å². The Morgan fingerprint density at radius 3 is 1.19 bits per heavy atom. The minimum Gasteiger partial charge on any atom is -0.382 e. The van der Waals surface area contributed by atoms with E-state index >= 15 is 0 Å². The molecule has 0 bridgehead atoms. The van der Waals surface area contributed by atoms with Gasteiger partial charge in [-0.2, -0.15) is 28.2 Å². The molecule has 0 fully saturated rings. The summed E-state index contributed by atoms with van der Waals surface area (Å²) in [6.07, 6.45) is 15.9. The van der Waals surface area contributed by atoms with Gasteiger partial charge in [-0.15, -0.1) is 20.5 Å². The van der Waals surface area contributed by atoms with Crippen LogP contribution in [0, 0.1) is 11.8 Å². The summed E-state index contributed by atoms with van der Waals surface area (Å²) >= 11 is 0. The lowest BCUT2D eigenvalue weighted by molar-refractivity contribution is 0.243. The molecule has 0 spiro atoms. The first kappa shape index (κ1) is 65.4. The van der Waals surface area contributed by atoms with Crippen molar-refractivity contribution in [3.05, 3.63) is 72.3 Å². The Kier molecular flexibility index (Phi) is 24.1. The van der Waals surface area contributed by atoms with Gasteiger partial charge in [0.1, 0.15) is 27.5 Å². The normalized spacial score (nSPS) is 14.5. The minimum atomic E-state index is -4.03. The number of azo groups is 2. The molecule has 0 saturated heterocycles. The second kappa shape index (κ2) is 29.5. The Morgan fingerprint density at radius 1 is 0.512 bits per heavy atom. The number of unbranched alkanes of at least 4 members (excludes halogenated alkanes) is 4. The van der Waals surface area contributed by atoms with Crippen molar-refractivity contribution in [1.82, 2.24) is 38.1 Å². The van der Waals surface area contributed by atoms with Crippen molar-refractivity contribution in [1.29, 1.82) is 0 Å². The third kappa shape index (κ3) is 16.0. The molecule has 2 aromatic carbocycles. The van der Waals surface area contributed by atoms with Gasteiger partial charge in [-0.3, -0.25) is 0 Å². The first-order valence-electron chi connectivity index (χ1n) is 29.6. The zero-order chi connectivity index (χ0) is 59.0. The molecule has 4 unspecified atom stereocenters. The maximum atomic E-state index is 15.0. The van der Waals surface area contributed by atoms with E-state index in [-0.39, 0.29) is 79.7 Å². The van der Waals surface area contributed by atoms with Crippen LogP contribution in [0.25, 0.3) is 11.6 Å². The monoisotopic (exact) mass is 1140 g/mol. The fourth-order valence-electron chi connectivity index (χ4n) is 10.2. The van der Waals surface area contributed by atoms with Crippen molar-refractivity contribution in [2.24, 2.45) is 32.3 Å². The molecule has 0 aliphatic rings. The quantitative estimate of drug-likeness (QED) is 0.0386. The fraction of sp³-hybridized carbons (Fsp3) is 0.633. The van der Waals surface area contributed by atoms with Gasteiger partial charge in [-0.25, -0.2) is 26.8 Å². The van der Waals surface area contributed by atoms with E-state index in [4.69, 9.17) is 31.9 Å². The molecule has 0 amide bonds. The number of sulfonamides is 2. The maximum Gasteiger partial charge on any atom is 0.245 e. The predicted octanol–water partition coefficient (Wildman–Crippen LogP) is 15.8. The molecule has 0 radical (unpaired) electrons. The molecule has 5 aromatic rings. The highest BCUT2D eigenvalue weighted by Gasteiger charge is 2.37. The summed E-state index contributed by atoms with van der Waals surface area (Å²) in [5.74, 6) is 1.22. The predicted molar refractivity (Wildman–Crippen MR) is 325 cm³/mol. The van der Waals surface area contributed by atoms with Crippen LogP contribution in [0.3, 0.4) is 0 Å². The molecule has 4 N–H and O–H groups in total. The maximum absolute atomic E-state index is 15.0. The van der Waals surface area contributed by atoms with Crippen LogP contribution >= 0.6 is 0 Å². The summed E-state index contributed by atoms with van der Waals surface area (Å²) in [7, 11) is -8.06. The van der Waals surface area contributed by atoms with Crippen molar-refractivity contribution in [2.75, 3.05) is 24.6 Å². The lowest BCUT2D eigenvalue weighted by atomic mass is 9.91. The zero-order valence-corrected chi connectivity index (χ0v) is 52.4. The van der Waals surface area contributed by atoms with E-state index in [9.17, 15) is 16.8 Å².